The molecule has 8 heteroatoms. The van der Waals surface area contributed by atoms with Crippen molar-refractivity contribution in [2.24, 2.45) is 0 Å². The summed E-state index contributed by atoms with van der Waals surface area (Å²) >= 11 is 1.58. The number of amides is 3. The van der Waals surface area contributed by atoms with Crippen LogP contribution in [0.15, 0.2) is 30.3 Å². The molecule has 2 N–H and O–H groups in total. The van der Waals surface area contributed by atoms with Gasteiger partial charge in [-0.05, 0) is 46.5 Å². The standard InChI is InChI=1S/C21H30N4O3S/c1-21(2)17(18(27)22-11-8-12-24(3)4)25-19(28)16(20(25)29-21)23-15(26)13-14-9-6-5-7-10-14/h5-7,9-10,16-17,20H,8,11-13H2,1-4H3,(H,22,27)(H,23,26). The molecule has 0 aliphatic carbocycles. The van der Waals surface area contributed by atoms with Crippen molar-refractivity contribution in [2.75, 3.05) is 27.2 Å². The second-order valence-electron chi connectivity index (χ2n) is 8.42. The van der Waals surface area contributed by atoms with Gasteiger partial charge < -0.3 is 20.4 Å². The maximum atomic E-state index is 12.8. The van der Waals surface area contributed by atoms with Gasteiger partial charge in [0.1, 0.15) is 17.5 Å². The number of benzene rings is 1. The molecule has 0 aromatic heterocycles. The topological polar surface area (TPSA) is 81.8 Å². The van der Waals surface area contributed by atoms with Crippen molar-refractivity contribution < 1.29 is 14.4 Å². The van der Waals surface area contributed by atoms with Crippen LogP contribution in [0.25, 0.3) is 0 Å². The van der Waals surface area contributed by atoms with Crippen molar-refractivity contribution in [2.45, 2.75) is 48.9 Å². The number of carbonyl (C=O) groups is 3. The van der Waals surface area contributed by atoms with Crippen molar-refractivity contribution in [3.05, 3.63) is 35.9 Å². The summed E-state index contributed by atoms with van der Waals surface area (Å²) in [5.41, 5.74) is 0.906. The molecule has 0 spiro atoms. The van der Waals surface area contributed by atoms with E-state index in [1.165, 1.54) is 0 Å². The van der Waals surface area contributed by atoms with Gasteiger partial charge in [-0.3, -0.25) is 14.4 Å². The van der Waals surface area contributed by atoms with Crippen molar-refractivity contribution in [3.63, 3.8) is 0 Å². The van der Waals surface area contributed by atoms with Crippen LogP contribution in [0.3, 0.4) is 0 Å². The Balaban J connectivity index is 1.57. The Kier molecular flexibility index (Phi) is 6.53. The number of thioether (sulfide) groups is 1. The summed E-state index contributed by atoms with van der Waals surface area (Å²) in [6.45, 7) is 5.44. The Hall–Kier alpha value is -2.06. The number of hydrogen-bond donors (Lipinski definition) is 2. The van der Waals surface area contributed by atoms with Crippen LogP contribution in [0, 0.1) is 0 Å². The molecule has 7 nitrogen and oxygen atoms in total. The summed E-state index contributed by atoms with van der Waals surface area (Å²) in [5, 5.41) is 5.63. The normalized spacial score (nSPS) is 24.8. The Morgan fingerprint density at radius 2 is 1.90 bits per heavy atom. The number of carbonyl (C=O) groups excluding carboxylic acids is 3. The molecule has 0 saturated carbocycles. The molecule has 2 fully saturated rings. The van der Waals surface area contributed by atoms with E-state index in [9.17, 15) is 14.4 Å². The van der Waals surface area contributed by atoms with E-state index in [0.29, 0.717) is 6.54 Å². The van der Waals surface area contributed by atoms with Crippen LogP contribution in [-0.2, 0) is 20.8 Å². The van der Waals surface area contributed by atoms with Crippen LogP contribution >= 0.6 is 11.8 Å². The van der Waals surface area contributed by atoms with Crippen molar-refractivity contribution in [1.29, 1.82) is 0 Å². The highest BCUT2D eigenvalue weighted by Crippen LogP contribution is 2.50. The van der Waals surface area contributed by atoms with Crippen LogP contribution in [0.2, 0.25) is 0 Å². The molecule has 29 heavy (non-hydrogen) atoms. The second kappa shape index (κ2) is 8.75. The molecule has 3 atom stereocenters. The van der Waals surface area contributed by atoms with E-state index in [1.807, 2.05) is 58.3 Å². The first kappa shape index (κ1) is 21.6. The first-order valence-electron chi connectivity index (χ1n) is 9.96. The zero-order chi connectivity index (χ0) is 21.2. The van der Waals surface area contributed by atoms with Gasteiger partial charge >= 0.3 is 0 Å². The lowest BCUT2D eigenvalue weighted by molar-refractivity contribution is -0.155. The van der Waals surface area contributed by atoms with Gasteiger partial charge in [0.15, 0.2) is 0 Å². The zero-order valence-electron chi connectivity index (χ0n) is 17.5. The van der Waals surface area contributed by atoms with E-state index in [-0.39, 0.29) is 29.5 Å². The largest absolute Gasteiger partial charge is 0.354 e. The quantitative estimate of drug-likeness (QED) is 0.483. The van der Waals surface area contributed by atoms with Crippen LogP contribution in [-0.4, -0.2) is 76.9 Å². The van der Waals surface area contributed by atoms with Gasteiger partial charge in [0.05, 0.1) is 6.42 Å². The lowest BCUT2D eigenvalue weighted by Gasteiger charge is -2.44. The fraction of sp³-hybridized carbons (Fsp3) is 0.571. The summed E-state index contributed by atoms with van der Waals surface area (Å²) in [6, 6.07) is 8.36. The minimum Gasteiger partial charge on any atom is -0.354 e. The van der Waals surface area contributed by atoms with E-state index in [0.717, 1.165) is 18.5 Å². The van der Waals surface area contributed by atoms with Crippen molar-refractivity contribution in [1.82, 2.24) is 20.4 Å². The average molecular weight is 419 g/mol. The van der Waals surface area contributed by atoms with Gasteiger partial charge in [0.25, 0.3) is 0 Å². The average Bonchev–Trinajstić information content (AvgIpc) is 2.92. The lowest BCUT2D eigenvalue weighted by atomic mass is 9.95. The first-order chi connectivity index (χ1) is 13.7. The van der Waals surface area contributed by atoms with E-state index >= 15 is 0 Å². The smallest absolute Gasteiger partial charge is 0.249 e. The number of fused-ring (bicyclic) bond motifs is 1. The number of β-lactam (4-membered cyclic amide) rings is 1. The Labute approximate surface area is 176 Å². The van der Waals surface area contributed by atoms with Crippen molar-refractivity contribution >= 4 is 29.5 Å². The van der Waals surface area contributed by atoms with Gasteiger partial charge in [-0.2, -0.15) is 0 Å². The molecule has 0 bridgehead atoms. The maximum absolute atomic E-state index is 12.8. The van der Waals surface area contributed by atoms with Crippen LogP contribution in [0.5, 0.6) is 0 Å². The fourth-order valence-electron chi connectivity index (χ4n) is 3.88. The summed E-state index contributed by atoms with van der Waals surface area (Å²) in [7, 11) is 3.99. The van der Waals surface area contributed by atoms with Crippen LogP contribution in [0.4, 0.5) is 0 Å². The van der Waals surface area contributed by atoms with Gasteiger partial charge in [-0.1, -0.05) is 30.3 Å². The number of hydrogen-bond acceptors (Lipinski definition) is 5. The highest BCUT2D eigenvalue weighted by Gasteiger charge is 2.63. The van der Waals surface area contributed by atoms with Gasteiger partial charge in [-0.15, -0.1) is 11.8 Å². The third-order valence-electron chi connectivity index (χ3n) is 5.29. The summed E-state index contributed by atoms with van der Waals surface area (Å²) in [5.74, 6) is -0.474. The van der Waals surface area contributed by atoms with E-state index in [2.05, 4.69) is 15.5 Å². The third kappa shape index (κ3) is 4.75. The first-order valence-corrected chi connectivity index (χ1v) is 10.8. The van der Waals surface area contributed by atoms with E-state index < -0.39 is 16.8 Å². The number of nitrogens with one attached hydrogen (secondary N) is 2. The maximum Gasteiger partial charge on any atom is 0.249 e. The lowest BCUT2D eigenvalue weighted by Crippen LogP contribution is -2.71. The molecule has 1 aromatic carbocycles. The highest BCUT2D eigenvalue weighted by molar-refractivity contribution is 8.01. The molecule has 3 rings (SSSR count). The molecule has 2 aliphatic heterocycles. The molecule has 2 saturated heterocycles. The molecular weight excluding hydrogens is 388 g/mol. The predicted molar refractivity (Wildman–Crippen MR) is 114 cm³/mol. The second-order valence-corrected chi connectivity index (χ2v) is 10.2. The summed E-state index contributed by atoms with van der Waals surface area (Å²) in [4.78, 5) is 41.6. The van der Waals surface area contributed by atoms with Crippen molar-refractivity contribution in [3.8, 4) is 0 Å². The SMILES string of the molecule is CN(C)CCCNC(=O)C1N2C(=O)C(NC(=O)Cc3ccccc3)C2SC1(C)C. The third-order valence-corrected chi connectivity index (χ3v) is 6.87. The molecule has 158 valence electrons. The minimum absolute atomic E-state index is 0.119. The molecule has 3 amide bonds. The van der Waals surface area contributed by atoms with Gasteiger partial charge in [-0.25, -0.2) is 0 Å². The summed E-state index contributed by atoms with van der Waals surface area (Å²) in [6.07, 6.45) is 1.09. The molecule has 3 unspecified atom stereocenters. The summed E-state index contributed by atoms with van der Waals surface area (Å²) < 4.78 is -0.412. The van der Waals surface area contributed by atoms with Crippen LogP contribution < -0.4 is 10.6 Å². The Bertz CT molecular complexity index is 768. The van der Waals surface area contributed by atoms with E-state index in [1.54, 1.807) is 16.7 Å². The Morgan fingerprint density at radius 3 is 2.55 bits per heavy atom. The minimum atomic E-state index is -0.568. The van der Waals surface area contributed by atoms with Crippen LogP contribution in [0.1, 0.15) is 25.8 Å². The highest BCUT2D eigenvalue weighted by atomic mass is 32.2. The molecule has 1 aromatic rings. The van der Waals surface area contributed by atoms with Gasteiger partial charge in [0.2, 0.25) is 17.7 Å². The van der Waals surface area contributed by atoms with E-state index in [4.69, 9.17) is 0 Å². The number of nitrogens with zero attached hydrogens (tertiary/aromatic N) is 2. The zero-order valence-corrected chi connectivity index (χ0v) is 18.3. The number of rotatable bonds is 8. The molecule has 0 radical (unpaired) electrons. The monoisotopic (exact) mass is 418 g/mol. The predicted octanol–water partition coefficient (Wildman–Crippen LogP) is 0.844. The molecular formula is C21H30N4O3S. The van der Waals surface area contributed by atoms with Gasteiger partial charge in [0, 0.05) is 11.3 Å². The Morgan fingerprint density at radius 1 is 1.21 bits per heavy atom. The molecule has 2 heterocycles. The fourth-order valence-corrected chi connectivity index (χ4v) is 5.51. The molecule has 2 aliphatic rings.